The van der Waals surface area contributed by atoms with Gasteiger partial charge in [-0.15, -0.1) is 0 Å². The Labute approximate surface area is 123 Å². The Kier molecular flexibility index (Phi) is 3.03. The van der Waals surface area contributed by atoms with E-state index in [2.05, 4.69) is 20.9 Å². The minimum absolute atomic E-state index is 0.304. The molecule has 0 radical (unpaired) electrons. The third kappa shape index (κ3) is 2.03. The molecule has 3 rings (SSSR count). The first-order chi connectivity index (χ1) is 9.08. The summed E-state index contributed by atoms with van der Waals surface area (Å²) in [5, 5.41) is 0. The number of para-hydroxylation sites is 1. The molecule has 19 heavy (non-hydrogen) atoms. The number of H-pyrrole nitrogens is 1. The van der Waals surface area contributed by atoms with E-state index in [1.807, 2.05) is 35.8 Å². The Bertz CT molecular complexity index is 835. The van der Waals surface area contributed by atoms with Gasteiger partial charge in [-0.2, -0.15) is 0 Å². The molecular formula is C14H10BrFN2S. The van der Waals surface area contributed by atoms with Crippen molar-refractivity contribution in [2.45, 2.75) is 6.92 Å². The molecule has 2 aromatic carbocycles. The highest BCUT2D eigenvalue weighted by molar-refractivity contribution is 9.10. The van der Waals surface area contributed by atoms with Crippen LogP contribution in [-0.2, 0) is 0 Å². The zero-order valence-electron chi connectivity index (χ0n) is 10.1. The molecule has 0 aliphatic carbocycles. The quantitative estimate of drug-likeness (QED) is 0.627. The van der Waals surface area contributed by atoms with Gasteiger partial charge in [0.25, 0.3) is 0 Å². The predicted octanol–water partition coefficient (Wildman–Crippen LogP) is 4.90. The second-order valence-corrected chi connectivity index (χ2v) is 5.57. The summed E-state index contributed by atoms with van der Waals surface area (Å²) in [5.41, 5.74) is 3.75. The van der Waals surface area contributed by atoms with Crippen LogP contribution >= 0.6 is 28.1 Å². The van der Waals surface area contributed by atoms with Crippen LogP contribution in [0.5, 0.6) is 0 Å². The van der Waals surface area contributed by atoms with Crippen LogP contribution in [0.2, 0.25) is 0 Å². The Morgan fingerprint density at radius 3 is 2.79 bits per heavy atom. The molecule has 1 N–H and O–H groups in total. The average molecular weight is 337 g/mol. The molecular weight excluding hydrogens is 327 g/mol. The summed E-state index contributed by atoms with van der Waals surface area (Å²) in [6.07, 6.45) is 0. The molecule has 0 fully saturated rings. The first-order valence-corrected chi connectivity index (χ1v) is 6.94. The first-order valence-electron chi connectivity index (χ1n) is 5.73. The zero-order valence-corrected chi connectivity index (χ0v) is 12.5. The van der Waals surface area contributed by atoms with Crippen molar-refractivity contribution in [1.29, 1.82) is 0 Å². The number of benzene rings is 2. The van der Waals surface area contributed by atoms with Gasteiger partial charge in [-0.25, -0.2) is 4.39 Å². The molecule has 0 saturated heterocycles. The Morgan fingerprint density at radius 2 is 2.05 bits per heavy atom. The largest absolute Gasteiger partial charge is 0.330 e. The highest BCUT2D eigenvalue weighted by Gasteiger charge is 2.09. The summed E-state index contributed by atoms with van der Waals surface area (Å²) in [5.74, 6) is -0.304. The van der Waals surface area contributed by atoms with Crippen molar-refractivity contribution in [2.24, 2.45) is 0 Å². The standard InChI is InChI=1S/C14H10BrFN2S/c1-8-3-2-4-12-13(8)17-14(19)18(12)9-5-6-10(15)11(16)7-9/h2-7H,1H3,(H,17,19). The number of hydrogen-bond donors (Lipinski definition) is 1. The van der Waals surface area contributed by atoms with E-state index in [0.717, 1.165) is 16.6 Å². The minimum atomic E-state index is -0.304. The van der Waals surface area contributed by atoms with Gasteiger partial charge >= 0.3 is 0 Å². The summed E-state index contributed by atoms with van der Waals surface area (Å²) in [7, 11) is 0. The van der Waals surface area contributed by atoms with Crippen LogP contribution < -0.4 is 0 Å². The highest BCUT2D eigenvalue weighted by Crippen LogP contribution is 2.24. The Hall–Kier alpha value is -1.46. The number of imidazole rings is 1. The maximum absolute atomic E-state index is 13.7. The van der Waals surface area contributed by atoms with E-state index in [1.165, 1.54) is 6.07 Å². The molecule has 3 aromatic rings. The van der Waals surface area contributed by atoms with Gasteiger partial charge in [0, 0.05) is 0 Å². The lowest BCUT2D eigenvalue weighted by Crippen LogP contribution is -1.95. The molecule has 0 aliphatic rings. The first kappa shape index (κ1) is 12.6. The fourth-order valence-electron chi connectivity index (χ4n) is 2.15. The molecule has 0 aliphatic heterocycles. The van der Waals surface area contributed by atoms with Gasteiger partial charge in [-0.1, -0.05) is 12.1 Å². The summed E-state index contributed by atoms with van der Waals surface area (Å²) >= 11 is 8.50. The second-order valence-electron chi connectivity index (χ2n) is 4.33. The molecule has 0 saturated carbocycles. The van der Waals surface area contributed by atoms with Crippen LogP contribution in [0.4, 0.5) is 4.39 Å². The number of nitrogens with zero attached hydrogens (tertiary/aromatic N) is 1. The summed E-state index contributed by atoms with van der Waals surface area (Å²) in [6.45, 7) is 2.01. The van der Waals surface area contributed by atoms with E-state index in [1.54, 1.807) is 6.07 Å². The van der Waals surface area contributed by atoms with Gasteiger partial charge < -0.3 is 4.98 Å². The molecule has 5 heteroatoms. The van der Waals surface area contributed by atoms with Crippen LogP contribution in [0, 0.1) is 17.5 Å². The lowest BCUT2D eigenvalue weighted by atomic mass is 10.2. The van der Waals surface area contributed by atoms with Gasteiger partial charge in [0.2, 0.25) is 0 Å². The van der Waals surface area contributed by atoms with Crippen LogP contribution in [0.1, 0.15) is 5.56 Å². The van der Waals surface area contributed by atoms with Crippen molar-refractivity contribution in [3.05, 3.63) is 57.0 Å². The number of nitrogens with one attached hydrogen (secondary N) is 1. The normalized spacial score (nSPS) is 11.1. The van der Waals surface area contributed by atoms with Crippen LogP contribution in [-0.4, -0.2) is 9.55 Å². The lowest BCUT2D eigenvalue weighted by molar-refractivity contribution is 0.620. The fourth-order valence-corrected chi connectivity index (χ4v) is 2.71. The number of halogens is 2. The van der Waals surface area contributed by atoms with Crippen molar-refractivity contribution in [3.8, 4) is 5.69 Å². The molecule has 0 atom stereocenters. The van der Waals surface area contributed by atoms with E-state index in [4.69, 9.17) is 12.2 Å². The third-order valence-corrected chi connectivity index (χ3v) is 4.02. The van der Waals surface area contributed by atoms with E-state index in [0.29, 0.717) is 14.9 Å². The highest BCUT2D eigenvalue weighted by atomic mass is 79.9. The lowest BCUT2D eigenvalue weighted by Gasteiger charge is -2.06. The van der Waals surface area contributed by atoms with E-state index >= 15 is 0 Å². The number of aromatic amines is 1. The van der Waals surface area contributed by atoms with Crippen molar-refractivity contribution < 1.29 is 4.39 Å². The smallest absolute Gasteiger partial charge is 0.182 e. The third-order valence-electron chi connectivity index (χ3n) is 3.09. The van der Waals surface area contributed by atoms with Crippen LogP contribution in [0.15, 0.2) is 40.9 Å². The van der Waals surface area contributed by atoms with E-state index < -0.39 is 0 Å². The van der Waals surface area contributed by atoms with Crippen molar-refractivity contribution in [3.63, 3.8) is 0 Å². The van der Waals surface area contributed by atoms with Gasteiger partial charge in [0.15, 0.2) is 4.77 Å². The number of fused-ring (bicyclic) bond motifs is 1. The maximum Gasteiger partial charge on any atom is 0.182 e. The molecule has 0 amide bonds. The minimum Gasteiger partial charge on any atom is -0.330 e. The number of hydrogen-bond acceptors (Lipinski definition) is 1. The molecule has 96 valence electrons. The average Bonchev–Trinajstić information content (AvgIpc) is 2.71. The fraction of sp³-hybridized carbons (Fsp3) is 0.0714. The molecule has 1 heterocycles. The predicted molar refractivity (Wildman–Crippen MR) is 80.9 cm³/mol. The number of aromatic nitrogens is 2. The molecule has 0 bridgehead atoms. The summed E-state index contributed by atoms with van der Waals surface area (Å²) < 4.78 is 16.5. The molecule has 0 spiro atoms. The monoisotopic (exact) mass is 336 g/mol. The van der Waals surface area contributed by atoms with Crippen LogP contribution in [0.25, 0.3) is 16.7 Å². The van der Waals surface area contributed by atoms with Gasteiger partial charge in [-0.3, -0.25) is 4.57 Å². The van der Waals surface area contributed by atoms with Crippen molar-refractivity contribution in [2.75, 3.05) is 0 Å². The van der Waals surface area contributed by atoms with Crippen molar-refractivity contribution >= 4 is 39.2 Å². The van der Waals surface area contributed by atoms with E-state index in [9.17, 15) is 4.39 Å². The summed E-state index contributed by atoms with van der Waals surface area (Å²) in [6, 6.07) is 10.9. The second kappa shape index (κ2) is 4.58. The topological polar surface area (TPSA) is 20.7 Å². The Morgan fingerprint density at radius 1 is 1.26 bits per heavy atom. The molecule has 2 nitrogen and oxygen atoms in total. The van der Waals surface area contributed by atoms with Gasteiger partial charge in [0.1, 0.15) is 5.82 Å². The summed E-state index contributed by atoms with van der Waals surface area (Å²) in [4.78, 5) is 3.17. The van der Waals surface area contributed by atoms with Crippen molar-refractivity contribution in [1.82, 2.24) is 9.55 Å². The molecule has 0 unspecified atom stereocenters. The van der Waals surface area contributed by atoms with Gasteiger partial charge in [0.05, 0.1) is 21.2 Å². The van der Waals surface area contributed by atoms with Gasteiger partial charge in [-0.05, 0) is 64.9 Å². The maximum atomic E-state index is 13.7. The molecule has 1 aromatic heterocycles. The number of rotatable bonds is 1. The van der Waals surface area contributed by atoms with E-state index in [-0.39, 0.29) is 5.82 Å². The van der Waals surface area contributed by atoms with Crippen LogP contribution in [0.3, 0.4) is 0 Å². The Balaban J connectivity index is 2.36. The zero-order chi connectivity index (χ0) is 13.6. The SMILES string of the molecule is Cc1cccc2c1[nH]c(=S)n2-c1ccc(Br)c(F)c1. The number of aryl methyl sites for hydroxylation is 1.